The predicted octanol–water partition coefficient (Wildman–Crippen LogP) is 2.03. The van der Waals surface area contributed by atoms with Crippen molar-refractivity contribution in [1.82, 2.24) is 14.9 Å². The maximum atomic E-state index is 5.87. The monoisotopic (exact) mass is 243 g/mol. The minimum atomic E-state index is 0.103. The third kappa shape index (κ3) is 1.64. The second-order valence-electron chi connectivity index (χ2n) is 5.12. The van der Waals surface area contributed by atoms with Gasteiger partial charge in [0.1, 0.15) is 11.9 Å². The van der Waals surface area contributed by atoms with Crippen molar-refractivity contribution >= 4 is 11.0 Å². The minimum absolute atomic E-state index is 0.103. The average Bonchev–Trinajstić information content (AvgIpc) is 3.19. The van der Waals surface area contributed by atoms with E-state index in [0.717, 1.165) is 31.0 Å². The van der Waals surface area contributed by atoms with Crippen LogP contribution in [0.4, 0.5) is 0 Å². The number of para-hydroxylation sites is 2. The van der Waals surface area contributed by atoms with E-state index in [4.69, 9.17) is 9.72 Å². The molecule has 0 bridgehead atoms. The van der Waals surface area contributed by atoms with Crippen LogP contribution in [0.5, 0.6) is 0 Å². The lowest BCUT2D eigenvalue weighted by Gasteiger charge is -2.24. The van der Waals surface area contributed by atoms with Gasteiger partial charge in [-0.25, -0.2) is 4.98 Å². The molecule has 1 aliphatic carbocycles. The van der Waals surface area contributed by atoms with Crippen LogP contribution in [0.2, 0.25) is 0 Å². The highest BCUT2D eigenvalue weighted by Gasteiger charge is 2.31. The Hall–Kier alpha value is -1.39. The van der Waals surface area contributed by atoms with E-state index in [1.54, 1.807) is 0 Å². The number of imidazole rings is 1. The zero-order valence-electron chi connectivity index (χ0n) is 10.3. The summed E-state index contributed by atoms with van der Waals surface area (Å²) in [5.41, 5.74) is 2.35. The predicted molar refractivity (Wildman–Crippen MR) is 69.6 cm³/mol. The normalized spacial score (nSPS) is 24.6. The van der Waals surface area contributed by atoms with Gasteiger partial charge in [0.15, 0.2) is 0 Å². The van der Waals surface area contributed by atoms with Crippen LogP contribution in [0.3, 0.4) is 0 Å². The first kappa shape index (κ1) is 10.5. The van der Waals surface area contributed by atoms with E-state index in [9.17, 15) is 0 Å². The van der Waals surface area contributed by atoms with Gasteiger partial charge < -0.3 is 14.6 Å². The van der Waals surface area contributed by atoms with Gasteiger partial charge in [-0.1, -0.05) is 12.1 Å². The van der Waals surface area contributed by atoms with E-state index in [1.807, 2.05) is 0 Å². The molecule has 1 N–H and O–H groups in total. The molecule has 1 saturated carbocycles. The molecule has 2 heterocycles. The van der Waals surface area contributed by atoms with Crippen molar-refractivity contribution in [3.05, 3.63) is 30.1 Å². The third-order valence-electron chi connectivity index (χ3n) is 3.75. The van der Waals surface area contributed by atoms with E-state index in [-0.39, 0.29) is 6.10 Å². The molecular formula is C14H17N3O. The lowest BCUT2D eigenvalue weighted by atomic mass is 10.3. The van der Waals surface area contributed by atoms with Gasteiger partial charge >= 0.3 is 0 Å². The molecule has 18 heavy (non-hydrogen) atoms. The number of nitrogens with zero attached hydrogens (tertiary/aromatic N) is 2. The average molecular weight is 243 g/mol. The number of aromatic nitrogens is 2. The molecule has 1 aromatic carbocycles. The highest BCUT2D eigenvalue weighted by atomic mass is 16.5. The van der Waals surface area contributed by atoms with Gasteiger partial charge in [0, 0.05) is 19.1 Å². The Morgan fingerprint density at radius 2 is 2.17 bits per heavy atom. The van der Waals surface area contributed by atoms with Gasteiger partial charge in [-0.15, -0.1) is 0 Å². The summed E-state index contributed by atoms with van der Waals surface area (Å²) in [5.74, 6) is 1.10. The fourth-order valence-corrected chi connectivity index (χ4v) is 2.74. The summed E-state index contributed by atoms with van der Waals surface area (Å²) in [6.07, 6.45) is 2.65. The van der Waals surface area contributed by atoms with Gasteiger partial charge in [0.05, 0.1) is 17.6 Å². The van der Waals surface area contributed by atoms with Crippen molar-refractivity contribution in [1.29, 1.82) is 0 Å². The molecule has 1 aliphatic heterocycles. The smallest absolute Gasteiger partial charge is 0.140 e. The Morgan fingerprint density at radius 3 is 2.94 bits per heavy atom. The summed E-state index contributed by atoms with van der Waals surface area (Å²) in [6, 6.07) is 9.04. The molecule has 1 unspecified atom stereocenters. The Labute approximate surface area is 106 Å². The van der Waals surface area contributed by atoms with E-state index in [0.29, 0.717) is 6.04 Å². The fourth-order valence-electron chi connectivity index (χ4n) is 2.74. The van der Waals surface area contributed by atoms with Crippen LogP contribution >= 0.6 is 0 Å². The summed E-state index contributed by atoms with van der Waals surface area (Å²) in [5, 5.41) is 3.39. The molecule has 0 spiro atoms. The number of morpholine rings is 1. The molecule has 1 atom stereocenters. The standard InChI is InChI=1S/C14H17N3O/c1-2-4-12-11(3-1)16-14(17(12)10-5-6-10)13-9-15-7-8-18-13/h1-4,10,13,15H,5-9H2. The van der Waals surface area contributed by atoms with Crippen molar-refractivity contribution in [2.24, 2.45) is 0 Å². The molecule has 0 radical (unpaired) electrons. The first-order chi connectivity index (χ1) is 8.93. The van der Waals surface area contributed by atoms with Crippen LogP contribution in [-0.2, 0) is 4.74 Å². The number of benzene rings is 1. The molecule has 1 saturated heterocycles. The van der Waals surface area contributed by atoms with Crippen LogP contribution in [0, 0.1) is 0 Å². The maximum absolute atomic E-state index is 5.87. The Balaban J connectivity index is 1.84. The fraction of sp³-hybridized carbons (Fsp3) is 0.500. The first-order valence-corrected chi connectivity index (χ1v) is 6.72. The molecule has 1 aromatic heterocycles. The van der Waals surface area contributed by atoms with Gasteiger partial charge in [0.2, 0.25) is 0 Å². The van der Waals surface area contributed by atoms with Crippen LogP contribution < -0.4 is 5.32 Å². The van der Waals surface area contributed by atoms with Crippen LogP contribution in [0.25, 0.3) is 11.0 Å². The van der Waals surface area contributed by atoms with E-state index in [2.05, 4.69) is 34.1 Å². The zero-order chi connectivity index (χ0) is 11.9. The quantitative estimate of drug-likeness (QED) is 0.877. The van der Waals surface area contributed by atoms with Crippen molar-refractivity contribution in [2.75, 3.05) is 19.7 Å². The molecule has 4 nitrogen and oxygen atoms in total. The first-order valence-electron chi connectivity index (χ1n) is 6.72. The second kappa shape index (κ2) is 4.07. The highest BCUT2D eigenvalue weighted by molar-refractivity contribution is 5.76. The van der Waals surface area contributed by atoms with Crippen LogP contribution in [-0.4, -0.2) is 29.2 Å². The van der Waals surface area contributed by atoms with Crippen LogP contribution in [0.1, 0.15) is 30.8 Å². The van der Waals surface area contributed by atoms with Crippen molar-refractivity contribution in [3.8, 4) is 0 Å². The van der Waals surface area contributed by atoms with E-state index >= 15 is 0 Å². The Kier molecular flexibility index (Phi) is 2.38. The maximum Gasteiger partial charge on any atom is 0.140 e. The molecular weight excluding hydrogens is 226 g/mol. The lowest BCUT2D eigenvalue weighted by molar-refractivity contribution is 0.0202. The summed E-state index contributed by atoms with van der Waals surface area (Å²) in [7, 11) is 0. The molecule has 2 aromatic rings. The van der Waals surface area contributed by atoms with E-state index < -0.39 is 0 Å². The van der Waals surface area contributed by atoms with Crippen LogP contribution in [0.15, 0.2) is 24.3 Å². The highest BCUT2D eigenvalue weighted by Crippen LogP contribution is 2.40. The summed E-state index contributed by atoms with van der Waals surface area (Å²) in [4.78, 5) is 4.80. The van der Waals surface area contributed by atoms with Crippen molar-refractivity contribution in [2.45, 2.75) is 25.0 Å². The van der Waals surface area contributed by atoms with Crippen molar-refractivity contribution < 1.29 is 4.74 Å². The minimum Gasteiger partial charge on any atom is -0.368 e. The molecule has 4 rings (SSSR count). The summed E-state index contributed by atoms with van der Waals surface area (Å²) >= 11 is 0. The Bertz CT molecular complexity index is 567. The van der Waals surface area contributed by atoms with Gasteiger partial charge in [-0.3, -0.25) is 0 Å². The molecule has 4 heteroatoms. The Morgan fingerprint density at radius 1 is 1.28 bits per heavy atom. The number of hydrogen-bond acceptors (Lipinski definition) is 3. The van der Waals surface area contributed by atoms with Gasteiger partial charge in [-0.2, -0.15) is 0 Å². The summed E-state index contributed by atoms with van der Waals surface area (Å²) in [6.45, 7) is 2.59. The summed E-state index contributed by atoms with van der Waals surface area (Å²) < 4.78 is 8.26. The lowest BCUT2D eigenvalue weighted by Crippen LogP contribution is -2.34. The molecule has 2 aliphatic rings. The van der Waals surface area contributed by atoms with Gasteiger partial charge in [-0.05, 0) is 25.0 Å². The zero-order valence-corrected chi connectivity index (χ0v) is 10.3. The second-order valence-corrected chi connectivity index (χ2v) is 5.12. The SMILES string of the molecule is c1ccc2c(c1)nc(C1CNCCO1)n2C1CC1. The topological polar surface area (TPSA) is 39.1 Å². The van der Waals surface area contributed by atoms with Crippen molar-refractivity contribution in [3.63, 3.8) is 0 Å². The van der Waals surface area contributed by atoms with Gasteiger partial charge in [0.25, 0.3) is 0 Å². The molecule has 2 fully saturated rings. The largest absolute Gasteiger partial charge is 0.368 e. The van der Waals surface area contributed by atoms with E-state index in [1.165, 1.54) is 18.4 Å². The number of ether oxygens (including phenoxy) is 1. The number of fused-ring (bicyclic) bond motifs is 1. The molecule has 0 amide bonds. The molecule has 94 valence electrons. The number of nitrogens with one attached hydrogen (secondary N) is 1. The number of rotatable bonds is 2. The third-order valence-corrected chi connectivity index (χ3v) is 3.75. The number of hydrogen-bond donors (Lipinski definition) is 1.